The van der Waals surface area contributed by atoms with Crippen LogP contribution in [0, 0.1) is 13.5 Å². The van der Waals surface area contributed by atoms with E-state index in [1.807, 2.05) is 25.1 Å². The van der Waals surface area contributed by atoms with Crippen LogP contribution in [0.2, 0.25) is 5.02 Å². The molecule has 0 saturated carbocycles. The standard InChI is InChI=1S/C10H10ClN/c1-8-3-4-9(5-6-12-2)10(11)7-8/h3-4,7H,5-6H2,1H3. The first-order valence-electron chi connectivity index (χ1n) is 3.82. The molecule has 0 aliphatic carbocycles. The SMILES string of the molecule is [C-]#[N+]CCc1ccc(C)cc1Cl. The highest BCUT2D eigenvalue weighted by Crippen LogP contribution is 2.17. The van der Waals surface area contributed by atoms with Crippen LogP contribution in [-0.4, -0.2) is 6.54 Å². The Morgan fingerprint density at radius 1 is 1.50 bits per heavy atom. The topological polar surface area (TPSA) is 4.36 Å². The maximum Gasteiger partial charge on any atom is 0.218 e. The fourth-order valence-corrected chi connectivity index (χ4v) is 1.36. The molecule has 0 atom stereocenters. The van der Waals surface area contributed by atoms with E-state index in [-0.39, 0.29) is 0 Å². The number of halogens is 1. The average molecular weight is 180 g/mol. The summed E-state index contributed by atoms with van der Waals surface area (Å²) < 4.78 is 0. The van der Waals surface area contributed by atoms with Crippen molar-refractivity contribution in [2.45, 2.75) is 13.3 Å². The second kappa shape index (κ2) is 4.13. The van der Waals surface area contributed by atoms with Gasteiger partial charge in [0.2, 0.25) is 6.54 Å². The van der Waals surface area contributed by atoms with Crippen LogP contribution in [0.4, 0.5) is 0 Å². The normalized spacial score (nSPS) is 9.42. The molecule has 1 aromatic carbocycles. The summed E-state index contributed by atoms with van der Waals surface area (Å²) in [7, 11) is 0. The summed E-state index contributed by atoms with van der Waals surface area (Å²) in [6.45, 7) is 9.17. The first-order chi connectivity index (χ1) is 5.74. The van der Waals surface area contributed by atoms with Crippen molar-refractivity contribution in [2.75, 3.05) is 6.54 Å². The summed E-state index contributed by atoms with van der Waals surface area (Å²) in [6, 6.07) is 5.94. The Morgan fingerprint density at radius 2 is 2.25 bits per heavy atom. The lowest BCUT2D eigenvalue weighted by Crippen LogP contribution is -1.89. The van der Waals surface area contributed by atoms with Crippen molar-refractivity contribution in [1.29, 1.82) is 0 Å². The van der Waals surface area contributed by atoms with Crippen molar-refractivity contribution in [3.63, 3.8) is 0 Å². The lowest BCUT2D eigenvalue weighted by Gasteiger charge is -2.00. The monoisotopic (exact) mass is 179 g/mol. The van der Waals surface area contributed by atoms with Crippen molar-refractivity contribution in [3.8, 4) is 0 Å². The molecule has 0 fully saturated rings. The van der Waals surface area contributed by atoms with E-state index in [1.165, 1.54) is 0 Å². The van der Waals surface area contributed by atoms with E-state index < -0.39 is 0 Å². The van der Waals surface area contributed by atoms with Gasteiger partial charge in [-0.15, -0.1) is 0 Å². The van der Waals surface area contributed by atoms with E-state index in [2.05, 4.69) is 4.85 Å². The molecule has 0 aromatic heterocycles. The van der Waals surface area contributed by atoms with Gasteiger partial charge in [-0.25, -0.2) is 6.57 Å². The summed E-state index contributed by atoms with van der Waals surface area (Å²) in [4.78, 5) is 3.29. The smallest absolute Gasteiger partial charge is 0.218 e. The molecule has 0 aliphatic heterocycles. The predicted molar refractivity (Wildman–Crippen MR) is 51.4 cm³/mol. The minimum atomic E-state index is 0.517. The molecule has 1 nitrogen and oxygen atoms in total. The van der Waals surface area contributed by atoms with Gasteiger partial charge in [-0.1, -0.05) is 23.7 Å². The van der Waals surface area contributed by atoms with Crippen LogP contribution in [0.5, 0.6) is 0 Å². The molecule has 0 N–H and O–H groups in total. The van der Waals surface area contributed by atoms with Gasteiger partial charge in [0.25, 0.3) is 0 Å². The number of rotatable bonds is 2. The number of hydrogen-bond acceptors (Lipinski definition) is 0. The second-order valence-corrected chi connectivity index (χ2v) is 3.13. The second-order valence-electron chi connectivity index (χ2n) is 2.73. The molecule has 2 heteroatoms. The zero-order valence-corrected chi connectivity index (χ0v) is 7.73. The van der Waals surface area contributed by atoms with E-state index in [0.29, 0.717) is 6.54 Å². The lowest BCUT2D eigenvalue weighted by atomic mass is 10.1. The Bertz CT molecular complexity index is 312. The van der Waals surface area contributed by atoms with E-state index in [1.54, 1.807) is 0 Å². The maximum atomic E-state index is 6.65. The third kappa shape index (κ3) is 2.25. The predicted octanol–water partition coefficient (Wildman–Crippen LogP) is 3.11. The average Bonchev–Trinajstić information content (AvgIpc) is 2.03. The zero-order valence-electron chi connectivity index (χ0n) is 6.97. The Hall–Kier alpha value is -1.00. The Balaban J connectivity index is 2.81. The van der Waals surface area contributed by atoms with Crippen LogP contribution in [0.3, 0.4) is 0 Å². The molecule has 0 bridgehead atoms. The molecular weight excluding hydrogens is 170 g/mol. The molecule has 0 aliphatic rings. The minimum absolute atomic E-state index is 0.517. The number of aryl methyl sites for hydroxylation is 1. The molecule has 0 heterocycles. The molecule has 12 heavy (non-hydrogen) atoms. The van der Waals surface area contributed by atoms with Crippen LogP contribution in [0.25, 0.3) is 4.85 Å². The summed E-state index contributed by atoms with van der Waals surface area (Å²) in [5.74, 6) is 0. The fourth-order valence-electron chi connectivity index (χ4n) is 1.03. The van der Waals surface area contributed by atoms with Crippen LogP contribution < -0.4 is 0 Å². The van der Waals surface area contributed by atoms with Crippen molar-refractivity contribution < 1.29 is 0 Å². The largest absolute Gasteiger partial charge is 0.317 e. The molecule has 0 unspecified atom stereocenters. The molecule has 1 rings (SSSR count). The highest BCUT2D eigenvalue weighted by atomic mass is 35.5. The van der Waals surface area contributed by atoms with Gasteiger partial charge in [0.05, 0.1) is 0 Å². The molecule has 0 radical (unpaired) electrons. The highest BCUT2D eigenvalue weighted by Gasteiger charge is 2.00. The van der Waals surface area contributed by atoms with Gasteiger partial charge in [0.15, 0.2) is 0 Å². The van der Waals surface area contributed by atoms with Gasteiger partial charge in [-0.05, 0) is 24.1 Å². The summed E-state index contributed by atoms with van der Waals surface area (Å²) in [6.07, 6.45) is 0.753. The van der Waals surface area contributed by atoms with Crippen LogP contribution in [0.15, 0.2) is 18.2 Å². The molecule has 0 spiro atoms. The van der Waals surface area contributed by atoms with Crippen LogP contribution >= 0.6 is 11.6 Å². The van der Waals surface area contributed by atoms with Gasteiger partial charge in [0, 0.05) is 11.4 Å². The van der Waals surface area contributed by atoms with E-state index in [4.69, 9.17) is 18.2 Å². The quantitative estimate of drug-likeness (QED) is 0.615. The maximum absolute atomic E-state index is 6.65. The lowest BCUT2D eigenvalue weighted by molar-refractivity contribution is 1.08. The summed E-state index contributed by atoms with van der Waals surface area (Å²) >= 11 is 5.96. The zero-order chi connectivity index (χ0) is 8.97. The number of nitrogens with zero attached hydrogens (tertiary/aromatic N) is 1. The Kier molecular flexibility index (Phi) is 3.13. The first-order valence-corrected chi connectivity index (χ1v) is 4.20. The van der Waals surface area contributed by atoms with E-state index in [0.717, 1.165) is 22.6 Å². The molecule has 0 amide bonds. The molecule has 0 saturated heterocycles. The molecular formula is C10H10ClN. The summed E-state index contributed by atoms with van der Waals surface area (Å²) in [5, 5.41) is 0.777. The molecule has 1 aromatic rings. The van der Waals surface area contributed by atoms with E-state index in [9.17, 15) is 0 Å². The van der Waals surface area contributed by atoms with Gasteiger partial charge < -0.3 is 4.85 Å². The first kappa shape index (κ1) is 9.09. The van der Waals surface area contributed by atoms with Crippen molar-refractivity contribution in [2.24, 2.45) is 0 Å². The van der Waals surface area contributed by atoms with Crippen LogP contribution in [0.1, 0.15) is 11.1 Å². The van der Waals surface area contributed by atoms with Crippen molar-refractivity contribution in [1.82, 2.24) is 0 Å². The van der Waals surface area contributed by atoms with E-state index >= 15 is 0 Å². The third-order valence-electron chi connectivity index (χ3n) is 1.70. The Morgan fingerprint density at radius 3 is 2.83 bits per heavy atom. The third-order valence-corrected chi connectivity index (χ3v) is 2.05. The number of hydrogen-bond donors (Lipinski definition) is 0. The van der Waals surface area contributed by atoms with Crippen molar-refractivity contribution >= 4 is 11.6 Å². The van der Waals surface area contributed by atoms with Gasteiger partial charge in [0.1, 0.15) is 0 Å². The Labute approximate surface area is 77.8 Å². The molecule has 62 valence electrons. The van der Waals surface area contributed by atoms with Crippen LogP contribution in [-0.2, 0) is 6.42 Å². The fraction of sp³-hybridized carbons (Fsp3) is 0.300. The van der Waals surface area contributed by atoms with Gasteiger partial charge in [-0.3, -0.25) is 0 Å². The number of benzene rings is 1. The highest BCUT2D eigenvalue weighted by molar-refractivity contribution is 6.31. The van der Waals surface area contributed by atoms with Gasteiger partial charge in [-0.2, -0.15) is 0 Å². The summed E-state index contributed by atoms with van der Waals surface area (Å²) in [5.41, 5.74) is 2.23. The van der Waals surface area contributed by atoms with Crippen molar-refractivity contribution in [3.05, 3.63) is 45.8 Å². The minimum Gasteiger partial charge on any atom is -0.317 e. The van der Waals surface area contributed by atoms with Gasteiger partial charge >= 0.3 is 0 Å².